The maximum absolute atomic E-state index is 10.5. The van der Waals surface area contributed by atoms with E-state index in [0.717, 1.165) is 0 Å². The Labute approximate surface area is 146 Å². The summed E-state index contributed by atoms with van der Waals surface area (Å²) in [4.78, 5) is 41.6. The third-order valence-electron chi connectivity index (χ3n) is 2.22. The van der Waals surface area contributed by atoms with E-state index in [-0.39, 0.29) is 47.2 Å². The van der Waals surface area contributed by atoms with Crippen LogP contribution in [-0.2, 0) is 53.3 Å². The van der Waals surface area contributed by atoms with E-state index >= 15 is 0 Å². The summed E-state index contributed by atoms with van der Waals surface area (Å²) in [5.74, 6) is -6.49. The summed E-state index contributed by atoms with van der Waals surface area (Å²) >= 11 is 0. The van der Waals surface area contributed by atoms with Crippen LogP contribution in [0.4, 0.5) is 0 Å². The van der Waals surface area contributed by atoms with Crippen molar-refractivity contribution in [2.75, 3.05) is 13.1 Å². The summed E-state index contributed by atoms with van der Waals surface area (Å²) < 4.78 is 0. The van der Waals surface area contributed by atoms with Gasteiger partial charge in [0, 0.05) is 37.9 Å². The van der Waals surface area contributed by atoms with Gasteiger partial charge in [-0.1, -0.05) is 0 Å². The van der Waals surface area contributed by atoms with Gasteiger partial charge in [0.25, 0.3) is 0 Å². The van der Waals surface area contributed by atoms with E-state index in [1.807, 2.05) is 0 Å². The number of carbonyl (C=O) groups excluding carboxylic acids is 4. The molecule has 0 aliphatic heterocycles. The van der Waals surface area contributed by atoms with Crippen LogP contribution in [0.1, 0.15) is 12.8 Å². The van der Waals surface area contributed by atoms with Crippen LogP contribution in [0.25, 0.3) is 0 Å². The van der Waals surface area contributed by atoms with Crippen LogP contribution in [0.2, 0.25) is 0 Å². The first-order chi connectivity index (χ1) is 9.23. The van der Waals surface area contributed by atoms with Gasteiger partial charge in [0.15, 0.2) is 0 Å². The minimum atomic E-state index is -1.65. The number of carboxylic acids is 4. The van der Waals surface area contributed by atoms with Crippen LogP contribution in [0.15, 0.2) is 0 Å². The molecule has 10 nitrogen and oxygen atoms in total. The molecular formula is C10H12Mn2N2O8. The van der Waals surface area contributed by atoms with Crippen molar-refractivity contribution in [1.82, 2.24) is 10.6 Å². The normalized spacial score (nSPS) is 12.2. The molecule has 0 fully saturated rings. The number of hydrogen-bond acceptors (Lipinski definition) is 10. The minimum Gasteiger partial charge on any atom is -0.550 e. The summed E-state index contributed by atoms with van der Waals surface area (Å²) in [6.07, 6.45) is -1.63. The molecule has 0 aromatic rings. The van der Waals surface area contributed by atoms with Crippen molar-refractivity contribution in [1.29, 1.82) is 0 Å². The monoisotopic (exact) mass is 398 g/mol. The fourth-order valence-corrected chi connectivity index (χ4v) is 1.30. The molecule has 2 radical (unpaired) electrons. The van der Waals surface area contributed by atoms with Crippen molar-refractivity contribution in [3.05, 3.63) is 0 Å². The Morgan fingerprint density at radius 3 is 1.14 bits per heavy atom. The number of carbonyl (C=O) groups is 4. The average molecular weight is 398 g/mol. The second-order valence-electron chi connectivity index (χ2n) is 3.80. The van der Waals surface area contributed by atoms with Crippen LogP contribution >= 0.6 is 0 Å². The minimum absolute atomic E-state index is 0. The SMILES string of the molecule is O=C([O-])CC(NCCNC(CC(=O)[O-])C(=O)[O-])C(=O)[O-].[Mn+2].[Mn+2]. The molecule has 0 aromatic carbocycles. The van der Waals surface area contributed by atoms with E-state index in [1.54, 1.807) is 0 Å². The Hall–Kier alpha value is -1.16. The molecule has 124 valence electrons. The molecule has 0 amide bonds. The first-order valence-electron chi connectivity index (χ1n) is 5.52. The Bertz CT molecular complexity index is 357. The van der Waals surface area contributed by atoms with E-state index in [9.17, 15) is 39.6 Å². The van der Waals surface area contributed by atoms with Crippen LogP contribution < -0.4 is 31.1 Å². The molecule has 0 saturated heterocycles. The van der Waals surface area contributed by atoms with Crippen LogP contribution in [0.3, 0.4) is 0 Å². The summed E-state index contributed by atoms with van der Waals surface area (Å²) in [5, 5.41) is 46.1. The average Bonchev–Trinajstić information content (AvgIpc) is 2.29. The zero-order valence-corrected chi connectivity index (χ0v) is 13.4. The topological polar surface area (TPSA) is 185 Å². The molecular weight excluding hydrogens is 386 g/mol. The maximum atomic E-state index is 10.5. The zero-order valence-electron chi connectivity index (χ0n) is 11.0. The van der Waals surface area contributed by atoms with Gasteiger partial charge in [-0.25, -0.2) is 0 Å². The van der Waals surface area contributed by atoms with Gasteiger partial charge in [-0.15, -0.1) is 0 Å². The Kier molecular flexibility index (Phi) is 15.8. The van der Waals surface area contributed by atoms with Crippen LogP contribution in [0, 0.1) is 0 Å². The largest absolute Gasteiger partial charge is 2.00 e. The molecule has 22 heavy (non-hydrogen) atoms. The molecule has 0 aliphatic rings. The first-order valence-corrected chi connectivity index (χ1v) is 5.52. The van der Waals surface area contributed by atoms with E-state index in [1.165, 1.54) is 0 Å². The molecule has 2 unspecified atom stereocenters. The number of aliphatic carboxylic acids is 4. The van der Waals surface area contributed by atoms with Crippen LogP contribution in [0.5, 0.6) is 0 Å². The third-order valence-corrected chi connectivity index (χ3v) is 2.22. The van der Waals surface area contributed by atoms with Gasteiger partial charge in [-0.05, 0) is 0 Å². The molecule has 2 N–H and O–H groups in total. The molecule has 0 spiro atoms. The van der Waals surface area contributed by atoms with Gasteiger partial charge in [-0.3, -0.25) is 0 Å². The standard InChI is InChI=1S/C10H16N2O8.2Mn/c13-7(14)3-5(9(17)18)11-1-2-12-6(10(19)20)4-8(15)16;;/h5-6,11-12H,1-4H2,(H,13,14)(H,15,16)(H,17,18)(H,19,20);;/q;2*+2/p-4. The van der Waals surface area contributed by atoms with Crippen molar-refractivity contribution in [2.24, 2.45) is 0 Å². The molecule has 0 aromatic heterocycles. The molecule has 0 aliphatic carbocycles. The summed E-state index contributed by atoms with van der Waals surface area (Å²) in [6.45, 7) is -0.272. The molecule has 0 saturated carbocycles. The predicted octanol–water partition coefficient (Wildman–Crippen LogP) is -7.32. The molecule has 0 heterocycles. The smallest absolute Gasteiger partial charge is 0.550 e. The van der Waals surface area contributed by atoms with Crippen molar-refractivity contribution >= 4 is 23.9 Å². The van der Waals surface area contributed by atoms with E-state index in [2.05, 4.69) is 10.6 Å². The Morgan fingerprint density at radius 1 is 0.682 bits per heavy atom. The van der Waals surface area contributed by atoms with Gasteiger partial charge in [0.2, 0.25) is 0 Å². The predicted molar refractivity (Wildman–Crippen MR) is 52.8 cm³/mol. The Balaban J connectivity index is -0.00000180. The van der Waals surface area contributed by atoms with Crippen molar-refractivity contribution in [2.45, 2.75) is 24.9 Å². The second kappa shape index (κ2) is 13.5. The van der Waals surface area contributed by atoms with E-state index in [4.69, 9.17) is 0 Å². The van der Waals surface area contributed by atoms with E-state index < -0.39 is 48.8 Å². The van der Waals surface area contributed by atoms with Crippen molar-refractivity contribution < 1.29 is 73.7 Å². The van der Waals surface area contributed by atoms with Gasteiger partial charge in [0.1, 0.15) is 0 Å². The van der Waals surface area contributed by atoms with Gasteiger partial charge < -0.3 is 50.2 Å². The van der Waals surface area contributed by atoms with Crippen LogP contribution in [-0.4, -0.2) is 49.1 Å². The second-order valence-corrected chi connectivity index (χ2v) is 3.80. The Morgan fingerprint density at radius 2 is 0.955 bits per heavy atom. The van der Waals surface area contributed by atoms with Crippen molar-refractivity contribution in [3.63, 3.8) is 0 Å². The summed E-state index contributed by atoms with van der Waals surface area (Å²) in [5.41, 5.74) is 0. The molecule has 12 heteroatoms. The fraction of sp³-hybridized carbons (Fsp3) is 0.600. The summed E-state index contributed by atoms with van der Waals surface area (Å²) in [7, 11) is 0. The zero-order chi connectivity index (χ0) is 15.7. The number of carboxylic acid groups (broad SMARTS) is 4. The summed E-state index contributed by atoms with van der Waals surface area (Å²) in [6, 6.07) is -2.99. The number of hydrogen-bond donors (Lipinski definition) is 2. The van der Waals surface area contributed by atoms with E-state index in [0.29, 0.717) is 0 Å². The fourth-order valence-electron chi connectivity index (χ4n) is 1.30. The molecule has 0 rings (SSSR count). The number of nitrogens with one attached hydrogen (secondary N) is 2. The van der Waals surface area contributed by atoms with Gasteiger partial charge in [0.05, 0.1) is 24.0 Å². The molecule has 2 atom stereocenters. The third kappa shape index (κ3) is 12.6. The number of rotatable bonds is 11. The van der Waals surface area contributed by atoms with Gasteiger partial charge in [-0.2, -0.15) is 0 Å². The van der Waals surface area contributed by atoms with Crippen molar-refractivity contribution in [3.8, 4) is 0 Å². The first kappa shape index (κ1) is 25.8. The molecule has 0 bridgehead atoms. The van der Waals surface area contributed by atoms with Gasteiger partial charge >= 0.3 is 34.1 Å². The quantitative estimate of drug-likeness (QED) is 0.250. The maximum Gasteiger partial charge on any atom is 2.00 e.